The second-order valence-corrected chi connectivity index (χ2v) is 6.37. The smallest absolute Gasteiger partial charge is 0.275 e. The lowest BCUT2D eigenvalue weighted by Gasteiger charge is -2.12. The fraction of sp³-hybridized carbons (Fsp3) is 0.167. The predicted molar refractivity (Wildman–Crippen MR) is 107 cm³/mol. The molecule has 1 amide bonds. The highest BCUT2D eigenvalue weighted by Gasteiger charge is 2.16. The van der Waals surface area contributed by atoms with E-state index >= 15 is 0 Å². The molecule has 1 aromatic carbocycles. The molecule has 0 unspecified atom stereocenters. The van der Waals surface area contributed by atoms with Crippen LogP contribution in [0.25, 0.3) is 11.1 Å². The minimum atomic E-state index is -0.323. The van der Waals surface area contributed by atoms with E-state index in [1.807, 2.05) is 6.92 Å². The first kappa shape index (κ1) is 19.0. The van der Waals surface area contributed by atoms with E-state index in [9.17, 15) is 4.79 Å². The summed E-state index contributed by atoms with van der Waals surface area (Å²) in [6.45, 7) is 2.48. The van der Waals surface area contributed by atoms with Crippen molar-refractivity contribution < 1.29 is 9.53 Å². The van der Waals surface area contributed by atoms with Crippen LogP contribution in [-0.2, 0) is 6.54 Å². The van der Waals surface area contributed by atoms with Crippen molar-refractivity contribution >= 4 is 40.7 Å². The van der Waals surface area contributed by atoms with Gasteiger partial charge in [-0.15, -0.1) is 0 Å². The fourth-order valence-corrected chi connectivity index (χ4v) is 3.03. The fourth-order valence-electron chi connectivity index (χ4n) is 2.61. The molecule has 0 fully saturated rings. The zero-order valence-corrected chi connectivity index (χ0v) is 16.2. The predicted octanol–water partition coefficient (Wildman–Crippen LogP) is 4.11. The number of nitrogens with zero attached hydrogens (tertiary/aromatic N) is 3. The van der Waals surface area contributed by atoms with Gasteiger partial charge in [-0.2, -0.15) is 5.10 Å². The van der Waals surface area contributed by atoms with Gasteiger partial charge in [-0.3, -0.25) is 9.48 Å². The van der Waals surface area contributed by atoms with Crippen LogP contribution in [0.1, 0.15) is 17.4 Å². The minimum absolute atomic E-state index is 0.197. The summed E-state index contributed by atoms with van der Waals surface area (Å²) in [4.78, 5) is 16.7. The number of methoxy groups -OCH3 is 1. The number of carbonyl (C=O) groups excluding carboxylic acids is 1. The van der Waals surface area contributed by atoms with Gasteiger partial charge >= 0.3 is 0 Å². The number of nitrogen functional groups attached to an aromatic ring is 1. The number of aryl methyl sites for hydroxylation is 1. The number of nitrogens with two attached hydrogens (primary N) is 1. The van der Waals surface area contributed by atoms with E-state index in [1.54, 1.807) is 41.2 Å². The van der Waals surface area contributed by atoms with Crippen LogP contribution in [0.2, 0.25) is 10.0 Å². The van der Waals surface area contributed by atoms with Gasteiger partial charge in [0.1, 0.15) is 23.1 Å². The summed E-state index contributed by atoms with van der Waals surface area (Å²) in [5.74, 6) is 0.735. The van der Waals surface area contributed by atoms with E-state index < -0.39 is 0 Å². The second kappa shape index (κ2) is 7.85. The number of rotatable bonds is 5. The number of nitrogens with one attached hydrogen (secondary N) is 1. The maximum Gasteiger partial charge on any atom is 0.275 e. The van der Waals surface area contributed by atoms with Crippen LogP contribution in [0, 0.1) is 0 Å². The molecule has 3 rings (SSSR count). The highest BCUT2D eigenvalue weighted by Crippen LogP contribution is 2.39. The Morgan fingerprint density at radius 2 is 2.04 bits per heavy atom. The second-order valence-electron chi connectivity index (χ2n) is 5.59. The van der Waals surface area contributed by atoms with E-state index in [0.717, 1.165) is 0 Å². The van der Waals surface area contributed by atoms with Gasteiger partial charge in [0.25, 0.3) is 5.91 Å². The maximum absolute atomic E-state index is 12.4. The van der Waals surface area contributed by atoms with Gasteiger partial charge in [0.2, 0.25) is 0 Å². The molecule has 3 aromatic rings. The first-order chi connectivity index (χ1) is 12.9. The highest BCUT2D eigenvalue weighted by atomic mass is 35.5. The number of pyridine rings is 1. The molecule has 0 saturated heterocycles. The summed E-state index contributed by atoms with van der Waals surface area (Å²) in [6, 6.07) is 8.32. The number of benzene rings is 1. The molecule has 0 bridgehead atoms. The molecule has 2 aromatic heterocycles. The summed E-state index contributed by atoms with van der Waals surface area (Å²) in [5, 5.41) is 7.47. The van der Waals surface area contributed by atoms with Gasteiger partial charge in [-0.1, -0.05) is 23.2 Å². The van der Waals surface area contributed by atoms with Gasteiger partial charge in [0, 0.05) is 29.9 Å². The Morgan fingerprint density at radius 1 is 1.26 bits per heavy atom. The maximum atomic E-state index is 12.4. The average Bonchev–Trinajstić information content (AvgIpc) is 3.13. The molecular weight excluding hydrogens is 389 g/mol. The van der Waals surface area contributed by atoms with E-state index in [-0.39, 0.29) is 11.7 Å². The van der Waals surface area contributed by atoms with Crippen molar-refractivity contribution in [1.82, 2.24) is 14.8 Å². The Hall–Kier alpha value is -2.77. The topological polar surface area (TPSA) is 95.1 Å². The molecule has 0 saturated carbocycles. The summed E-state index contributed by atoms with van der Waals surface area (Å²) >= 11 is 12.5. The molecule has 0 aliphatic carbocycles. The first-order valence-electron chi connectivity index (χ1n) is 8.07. The molecule has 140 valence electrons. The lowest BCUT2D eigenvalue weighted by Crippen LogP contribution is -2.18. The summed E-state index contributed by atoms with van der Waals surface area (Å²) in [6.07, 6.45) is 1.57. The van der Waals surface area contributed by atoms with Crippen molar-refractivity contribution in [3.8, 4) is 16.9 Å². The van der Waals surface area contributed by atoms with Gasteiger partial charge in [-0.05, 0) is 31.2 Å². The number of aromatic nitrogens is 3. The quantitative estimate of drug-likeness (QED) is 0.665. The molecule has 27 heavy (non-hydrogen) atoms. The molecular formula is C18H17Cl2N5O2. The molecule has 0 radical (unpaired) electrons. The van der Waals surface area contributed by atoms with Crippen LogP contribution in [0.3, 0.4) is 0 Å². The monoisotopic (exact) mass is 405 g/mol. The number of ether oxygens (including phenoxy) is 1. The van der Waals surface area contributed by atoms with Crippen molar-refractivity contribution in [1.29, 1.82) is 0 Å². The van der Waals surface area contributed by atoms with Crippen molar-refractivity contribution in [2.75, 3.05) is 18.2 Å². The number of anilines is 2. The zero-order chi connectivity index (χ0) is 19.6. The van der Waals surface area contributed by atoms with Crippen LogP contribution in [-0.4, -0.2) is 27.8 Å². The van der Waals surface area contributed by atoms with Crippen LogP contribution >= 0.6 is 23.2 Å². The summed E-state index contributed by atoms with van der Waals surface area (Å²) in [5.41, 5.74) is 7.70. The standard InChI is InChI=1S/C18H17Cl2N5O2/c1-3-25-14(6-7-22-25)18(26)24-15-5-4-11(17(21)23-15)12-8-10(27-2)9-13(19)16(12)20/h4-9H,3H2,1-2H3,(H3,21,23,24,26). The Bertz CT molecular complexity index is 1000. The Morgan fingerprint density at radius 3 is 2.70 bits per heavy atom. The van der Waals surface area contributed by atoms with Crippen molar-refractivity contribution in [2.24, 2.45) is 0 Å². The first-order valence-corrected chi connectivity index (χ1v) is 8.83. The molecule has 7 nitrogen and oxygen atoms in total. The van der Waals surface area contributed by atoms with Crippen LogP contribution < -0.4 is 15.8 Å². The lowest BCUT2D eigenvalue weighted by molar-refractivity contribution is 0.101. The largest absolute Gasteiger partial charge is 0.497 e. The minimum Gasteiger partial charge on any atom is -0.497 e. The van der Waals surface area contributed by atoms with Gasteiger partial charge in [-0.25, -0.2) is 4.98 Å². The average molecular weight is 406 g/mol. The van der Waals surface area contributed by atoms with E-state index in [2.05, 4.69) is 15.4 Å². The van der Waals surface area contributed by atoms with E-state index in [0.29, 0.717) is 45.0 Å². The molecule has 0 aliphatic heterocycles. The zero-order valence-electron chi connectivity index (χ0n) is 14.7. The highest BCUT2D eigenvalue weighted by molar-refractivity contribution is 6.44. The Kier molecular flexibility index (Phi) is 5.53. The van der Waals surface area contributed by atoms with E-state index in [4.69, 9.17) is 33.7 Å². The number of carbonyl (C=O) groups is 1. The molecule has 0 spiro atoms. The molecule has 0 atom stereocenters. The molecule has 3 N–H and O–H groups in total. The number of hydrogen-bond acceptors (Lipinski definition) is 5. The van der Waals surface area contributed by atoms with Crippen molar-refractivity contribution in [2.45, 2.75) is 13.5 Å². The molecule has 0 aliphatic rings. The third kappa shape index (κ3) is 3.84. The Balaban J connectivity index is 1.91. The third-order valence-corrected chi connectivity index (χ3v) is 4.74. The van der Waals surface area contributed by atoms with Gasteiger partial charge in [0.05, 0.1) is 17.2 Å². The van der Waals surface area contributed by atoms with Gasteiger partial charge < -0.3 is 15.8 Å². The summed E-state index contributed by atoms with van der Waals surface area (Å²) < 4.78 is 6.81. The van der Waals surface area contributed by atoms with Crippen molar-refractivity contribution in [3.63, 3.8) is 0 Å². The van der Waals surface area contributed by atoms with Crippen molar-refractivity contribution in [3.05, 3.63) is 52.3 Å². The summed E-state index contributed by atoms with van der Waals surface area (Å²) in [7, 11) is 1.53. The SMILES string of the molecule is CCn1nccc1C(=O)Nc1ccc(-c2cc(OC)cc(Cl)c2Cl)c(N)n1. The molecule has 2 heterocycles. The Labute approximate surface area is 166 Å². The number of hydrogen-bond donors (Lipinski definition) is 2. The van der Waals surface area contributed by atoms with Crippen LogP contribution in [0.15, 0.2) is 36.5 Å². The lowest BCUT2D eigenvalue weighted by atomic mass is 10.1. The number of halogens is 2. The van der Waals surface area contributed by atoms with Crippen LogP contribution in [0.5, 0.6) is 5.75 Å². The molecule has 9 heteroatoms. The van der Waals surface area contributed by atoms with Crippen LogP contribution in [0.4, 0.5) is 11.6 Å². The third-order valence-electron chi connectivity index (χ3n) is 3.94. The van der Waals surface area contributed by atoms with Gasteiger partial charge in [0.15, 0.2) is 0 Å². The normalized spacial score (nSPS) is 10.7. The van der Waals surface area contributed by atoms with E-state index in [1.165, 1.54) is 7.11 Å². The number of amides is 1.